The number of hydrogen-bond donors (Lipinski definition) is 2. The largest absolute Gasteiger partial charge is 0.504 e. The molecule has 0 aliphatic carbocycles. The van der Waals surface area contributed by atoms with Crippen LogP contribution in [-0.4, -0.2) is 15.2 Å². The fourth-order valence-electron chi connectivity index (χ4n) is 1.91. The van der Waals surface area contributed by atoms with Crippen molar-refractivity contribution < 1.29 is 14.6 Å². The highest BCUT2D eigenvalue weighted by Crippen LogP contribution is 2.25. The molecule has 0 spiro atoms. The normalized spacial score (nSPS) is 11.2. The highest BCUT2D eigenvalue weighted by molar-refractivity contribution is 5.76. The quantitative estimate of drug-likeness (QED) is 0.706. The smallest absolute Gasteiger partial charge is 0.284 e. The number of nitrogens with zero attached hydrogens (tertiary/aromatic N) is 1. The lowest BCUT2D eigenvalue weighted by Crippen LogP contribution is -2.06. The molecule has 0 aliphatic heterocycles. The number of phenols is 2. The molecule has 3 aromatic rings. The van der Waals surface area contributed by atoms with Gasteiger partial charge >= 0.3 is 0 Å². The first-order valence-corrected chi connectivity index (χ1v) is 6.23. The first kappa shape index (κ1) is 12.9. The van der Waals surface area contributed by atoms with Crippen molar-refractivity contribution in [2.75, 3.05) is 0 Å². The Bertz CT molecular complexity index is 896. The molecule has 0 saturated heterocycles. The maximum atomic E-state index is 11.8. The minimum atomic E-state index is -0.356. The molecule has 0 saturated carbocycles. The minimum Gasteiger partial charge on any atom is -0.504 e. The molecule has 1 heterocycles. The predicted molar refractivity (Wildman–Crippen MR) is 79.0 cm³/mol. The summed E-state index contributed by atoms with van der Waals surface area (Å²) >= 11 is 0. The Hall–Kier alpha value is -3.08. The molecule has 0 atom stereocenters. The van der Waals surface area contributed by atoms with Crippen molar-refractivity contribution in [1.82, 2.24) is 4.98 Å². The molecule has 2 aromatic carbocycles. The lowest BCUT2D eigenvalue weighted by molar-refractivity contribution is 0.403. The van der Waals surface area contributed by atoms with Crippen LogP contribution in [0.4, 0.5) is 0 Å². The second-order valence-corrected chi connectivity index (χ2v) is 4.43. The van der Waals surface area contributed by atoms with Gasteiger partial charge in [0.2, 0.25) is 5.89 Å². The summed E-state index contributed by atoms with van der Waals surface area (Å²) in [4.78, 5) is 15.7. The summed E-state index contributed by atoms with van der Waals surface area (Å²) in [6.07, 6.45) is 3.15. The summed E-state index contributed by atoms with van der Waals surface area (Å²) in [6.45, 7) is 0. The highest BCUT2D eigenvalue weighted by Gasteiger charge is 2.03. The van der Waals surface area contributed by atoms with E-state index >= 15 is 0 Å². The van der Waals surface area contributed by atoms with Gasteiger partial charge in [-0.25, -0.2) is 0 Å². The van der Waals surface area contributed by atoms with Crippen molar-refractivity contribution in [3.8, 4) is 11.5 Å². The monoisotopic (exact) mass is 281 g/mol. The maximum absolute atomic E-state index is 11.8. The molecule has 2 N–H and O–H groups in total. The Kier molecular flexibility index (Phi) is 3.16. The number of aromatic hydroxyl groups is 2. The van der Waals surface area contributed by atoms with Gasteiger partial charge in [-0.3, -0.25) is 4.79 Å². The summed E-state index contributed by atoms with van der Waals surface area (Å²) in [7, 11) is 0. The van der Waals surface area contributed by atoms with Crippen molar-refractivity contribution in [3.05, 3.63) is 64.3 Å². The Morgan fingerprint density at radius 1 is 1.00 bits per heavy atom. The van der Waals surface area contributed by atoms with Crippen molar-refractivity contribution in [3.63, 3.8) is 0 Å². The van der Waals surface area contributed by atoms with Crippen LogP contribution >= 0.6 is 0 Å². The van der Waals surface area contributed by atoms with E-state index in [0.717, 1.165) is 0 Å². The summed E-state index contributed by atoms with van der Waals surface area (Å²) in [5, 5.41) is 19.1. The molecule has 0 amide bonds. The Labute approximate surface area is 119 Å². The fraction of sp³-hybridized carbons (Fsp3) is 0. The third kappa shape index (κ3) is 2.62. The SMILES string of the molecule is O=c1nc(C=Cc2ccc(O)c(O)c2)oc2ccccc12. The standard InChI is InChI=1S/C16H11NO4/c18-12-7-5-10(9-13(12)19)6-8-15-17-16(20)11-3-1-2-4-14(11)21-15/h1-9,18-19H. The Morgan fingerprint density at radius 3 is 2.62 bits per heavy atom. The van der Waals surface area contributed by atoms with Gasteiger partial charge in [-0.1, -0.05) is 18.2 Å². The van der Waals surface area contributed by atoms with Crippen LogP contribution in [-0.2, 0) is 0 Å². The number of para-hydroxylation sites is 1. The van der Waals surface area contributed by atoms with Crippen LogP contribution in [0.2, 0.25) is 0 Å². The van der Waals surface area contributed by atoms with Gasteiger partial charge in [-0.2, -0.15) is 4.98 Å². The van der Waals surface area contributed by atoms with E-state index in [-0.39, 0.29) is 22.9 Å². The van der Waals surface area contributed by atoms with Crippen LogP contribution in [0.1, 0.15) is 11.5 Å². The van der Waals surface area contributed by atoms with Crippen LogP contribution in [0.25, 0.3) is 23.1 Å². The Balaban J connectivity index is 1.99. The lowest BCUT2D eigenvalue weighted by Gasteiger charge is -1.99. The van der Waals surface area contributed by atoms with Crippen molar-refractivity contribution >= 4 is 23.1 Å². The van der Waals surface area contributed by atoms with Crippen molar-refractivity contribution in [2.45, 2.75) is 0 Å². The van der Waals surface area contributed by atoms with Gasteiger partial charge < -0.3 is 14.6 Å². The lowest BCUT2D eigenvalue weighted by atomic mass is 10.2. The average Bonchev–Trinajstić information content (AvgIpc) is 2.49. The molecule has 0 fully saturated rings. The van der Waals surface area contributed by atoms with Gasteiger partial charge in [0.1, 0.15) is 5.58 Å². The van der Waals surface area contributed by atoms with E-state index in [4.69, 9.17) is 4.42 Å². The second-order valence-electron chi connectivity index (χ2n) is 4.43. The first-order valence-electron chi connectivity index (χ1n) is 6.23. The molecule has 5 heteroatoms. The first-order chi connectivity index (χ1) is 10.1. The van der Waals surface area contributed by atoms with Gasteiger partial charge in [0.25, 0.3) is 5.56 Å². The van der Waals surface area contributed by atoms with E-state index in [9.17, 15) is 15.0 Å². The van der Waals surface area contributed by atoms with Crippen LogP contribution in [0.5, 0.6) is 11.5 Å². The van der Waals surface area contributed by atoms with Crippen LogP contribution in [0.15, 0.2) is 51.7 Å². The van der Waals surface area contributed by atoms with E-state index < -0.39 is 0 Å². The summed E-state index contributed by atoms with van der Waals surface area (Å²) < 4.78 is 5.51. The zero-order chi connectivity index (χ0) is 14.8. The van der Waals surface area contributed by atoms with Gasteiger partial charge in [0.15, 0.2) is 11.5 Å². The third-order valence-corrected chi connectivity index (χ3v) is 2.96. The minimum absolute atomic E-state index is 0.172. The predicted octanol–water partition coefficient (Wildman–Crippen LogP) is 2.77. The fourth-order valence-corrected chi connectivity index (χ4v) is 1.91. The molecule has 0 aliphatic rings. The zero-order valence-corrected chi connectivity index (χ0v) is 10.9. The molecular formula is C16H11NO4. The Morgan fingerprint density at radius 2 is 1.81 bits per heavy atom. The van der Waals surface area contributed by atoms with E-state index in [0.29, 0.717) is 16.5 Å². The van der Waals surface area contributed by atoms with Crippen LogP contribution in [0, 0.1) is 0 Å². The molecule has 104 valence electrons. The van der Waals surface area contributed by atoms with E-state index in [1.807, 2.05) is 0 Å². The number of aromatic nitrogens is 1. The second kappa shape index (κ2) is 5.13. The van der Waals surface area contributed by atoms with Crippen LogP contribution in [0.3, 0.4) is 0 Å². The molecule has 0 bridgehead atoms. The number of fused-ring (bicyclic) bond motifs is 1. The summed E-state index contributed by atoms with van der Waals surface area (Å²) in [6, 6.07) is 11.3. The molecule has 3 rings (SSSR count). The maximum Gasteiger partial charge on any atom is 0.284 e. The van der Waals surface area contributed by atoms with Gasteiger partial charge in [-0.05, 0) is 35.9 Å². The molecule has 0 unspecified atom stereocenters. The van der Waals surface area contributed by atoms with Gasteiger partial charge in [0.05, 0.1) is 5.39 Å². The average molecular weight is 281 g/mol. The topological polar surface area (TPSA) is 83.6 Å². The summed E-state index contributed by atoms with van der Waals surface area (Å²) in [5.74, 6) is -0.237. The van der Waals surface area contributed by atoms with Crippen molar-refractivity contribution in [2.24, 2.45) is 0 Å². The van der Waals surface area contributed by atoms with Gasteiger partial charge in [-0.15, -0.1) is 0 Å². The van der Waals surface area contributed by atoms with Crippen molar-refractivity contribution in [1.29, 1.82) is 0 Å². The number of phenolic OH excluding ortho intramolecular Hbond substituents is 2. The molecule has 0 radical (unpaired) electrons. The summed E-state index contributed by atoms with van der Waals surface area (Å²) in [5.41, 5.74) is 0.749. The van der Waals surface area contributed by atoms with Gasteiger partial charge in [0, 0.05) is 6.08 Å². The van der Waals surface area contributed by atoms with E-state index in [1.54, 1.807) is 36.4 Å². The number of rotatable bonds is 2. The zero-order valence-electron chi connectivity index (χ0n) is 10.9. The molecule has 21 heavy (non-hydrogen) atoms. The molecular weight excluding hydrogens is 270 g/mol. The number of benzene rings is 2. The van der Waals surface area contributed by atoms with E-state index in [1.165, 1.54) is 18.2 Å². The molecule has 1 aromatic heterocycles. The number of hydrogen-bond acceptors (Lipinski definition) is 5. The van der Waals surface area contributed by atoms with E-state index in [2.05, 4.69) is 4.98 Å². The highest BCUT2D eigenvalue weighted by atomic mass is 16.3. The van der Waals surface area contributed by atoms with Crippen LogP contribution < -0.4 is 5.56 Å². The third-order valence-electron chi connectivity index (χ3n) is 2.96. The molecule has 5 nitrogen and oxygen atoms in total.